The molecule has 1 heterocycles. The summed E-state index contributed by atoms with van der Waals surface area (Å²) < 4.78 is 10.6. The summed E-state index contributed by atoms with van der Waals surface area (Å²) in [4.78, 5) is 20.9. The van der Waals surface area contributed by atoms with E-state index in [-0.39, 0.29) is 11.9 Å². The van der Waals surface area contributed by atoms with Gasteiger partial charge in [-0.15, -0.1) is 0 Å². The highest BCUT2D eigenvalue weighted by atomic mass is 16.5. The van der Waals surface area contributed by atoms with Crippen molar-refractivity contribution in [1.29, 1.82) is 0 Å². The minimum Gasteiger partial charge on any atom is -0.493 e. The maximum Gasteiger partial charge on any atom is 0.270 e. The molecule has 1 fully saturated rings. The van der Waals surface area contributed by atoms with Gasteiger partial charge in [0.15, 0.2) is 11.5 Å². The van der Waals surface area contributed by atoms with Gasteiger partial charge >= 0.3 is 0 Å². The molecule has 0 spiro atoms. The Morgan fingerprint density at radius 1 is 1.04 bits per heavy atom. The third-order valence-corrected chi connectivity index (χ3v) is 5.01. The Morgan fingerprint density at radius 2 is 1.79 bits per heavy atom. The highest BCUT2D eigenvalue weighted by Gasteiger charge is 2.17. The summed E-state index contributed by atoms with van der Waals surface area (Å²) in [6, 6.07) is 7.66. The van der Waals surface area contributed by atoms with Crippen LogP contribution < -0.4 is 20.1 Å². The van der Waals surface area contributed by atoms with Gasteiger partial charge in [-0.2, -0.15) is 0 Å². The van der Waals surface area contributed by atoms with Crippen molar-refractivity contribution in [3.8, 4) is 11.5 Å². The van der Waals surface area contributed by atoms with Crippen molar-refractivity contribution in [2.24, 2.45) is 0 Å². The van der Waals surface area contributed by atoms with E-state index in [4.69, 9.17) is 9.47 Å². The smallest absolute Gasteiger partial charge is 0.270 e. The highest BCUT2D eigenvalue weighted by Crippen LogP contribution is 2.27. The molecule has 2 N–H and O–H groups in total. The molecule has 7 heteroatoms. The molecule has 0 radical (unpaired) electrons. The Bertz CT molecular complexity index is 789. The Hall–Kier alpha value is -2.83. The van der Waals surface area contributed by atoms with Gasteiger partial charge < -0.3 is 20.1 Å². The fourth-order valence-corrected chi connectivity index (χ4v) is 3.44. The van der Waals surface area contributed by atoms with Crippen molar-refractivity contribution in [3.05, 3.63) is 41.9 Å². The number of carbonyl (C=O) groups excluding carboxylic acids is 1. The number of anilines is 1. The Kier molecular flexibility index (Phi) is 7.06. The van der Waals surface area contributed by atoms with Crippen LogP contribution in [-0.4, -0.2) is 36.1 Å². The summed E-state index contributed by atoms with van der Waals surface area (Å²) >= 11 is 0. The van der Waals surface area contributed by atoms with E-state index in [1.165, 1.54) is 32.0 Å². The summed E-state index contributed by atoms with van der Waals surface area (Å²) in [5, 5.41) is 6.35. The van der Waals surface area contributed by atoms with Crippen molar-refractivity contribution in [2.45, 2.75) is 51.1 Å². The van der Waals surface area contributed by atoms with E-state index >= 15 is 0 Å². The average molecular weight is 384 g/mol. The number of aromatic nitrogens is 2. The number of carbonyl (C=O) groups is 1. The minimum absolute atomic E-state index is 0.136. The molecule has 0 saturated heterocycles. The van der Waals surface area contributed by atoms with Gasteiger partial charge in [-0.05, 0) is 30.5 Å². The van der Waals surface area contributed by atoms with Crippen LogP contribution in [0.4, 0.5) is 5.82 Å². The summed E-state index contributed by atoms with van der Waals surface area (Å²) in [5.74, 6) is 1.83. The normalized spacial score (nSPS) is 14.8. The van der Waals surface area contributed by atoms with Crippen LogP contribution in [0, 0.1) is 0 Å². The van der Waals surface area contributed by atoms with Crippen LogP contribution in [0.15, 0.2) is 30.6 Å². The van der Waals surface area contributed by atoms with Gasteiger partial charge in [0.05, 0.1) is 14.2 Å². The van der Waals surface area contributed by atoms with Crippen LogP contribution in [0.5, 0.6) is 11.5 Å². The molecular formula is C21H28N4O3. The van der Waals surface area contributed by atoms with E-state index < -0.39 is 0 Å². The zero-order chi connectivity index (χ0) is 19.8. The first kappa shape index (κ1) is 19.9. The molecule has 1 aliphatic carbocycles. The molecule has 0 bridgehead atoms. The first-order valence-electron chi connectivity index (χ1n) is 9.77. The summed E-state index contributed by atoms with van der Waals surface area (Å²) in [6.45, 7) is 0.543. The molecule has 1 aliphatic rings. The van der Waals surface area contributed by atoms with Crippen molar-refractivity contribution >= 4 is 11.7 Å². The van der Waals surface area contributed by atoms with Gasteiger partial charge in [0.25, 0.3) is 5.91 Å². The predicted octanol–water partition coefficient (Wildman–Crippen LogP) is 3.56. The number of benzene rings is 1. The average Bonchev–Trinajstić information content (AvgIpc) is 3.00. The van der Waals surface area contributed by atoms with Crippen molar-refractivity contribution in [3.63, 3.8) is 0 Å². The second-order valence-electron chi connectivity index (χ2n) is 6.99. The molecular weight excluding hydrogens is 356 g/mol. The largest absolute Gasteiger partial charge is 0.493 e. The fraction of sp³-hybridized carbons (Fsp3) is 0.476. The number of ether oxygens (including phenoxy) is 2. The number of hydrogen-bond acceptors (Lipinski definition) is 6. The Morgan fingerprint density at radius 3 is 2.50 bits per heavy atom. The van der Waals surface area contributed by atoms with Crippen molar-refractivity contribution in [2.75, 3.05) is 19.5 Å². The van der Waals surface area contributed by atoms with E-state index in [1.54, 1.807) is 20.3 Å². The third-order valence-electron chi connectivity index (χ3n) is 5.01. The SMILES string of the molecule is COc1ccc(CNc2cc(C(=O)NC3CCCCCC3)ncn2)cc1OC. The molecule has 0 aliphatic heterocycles. The van der Waals surface area contributed by atoms with Crippen LogP contribution in [0.3, 0.4) is 0 Å². The van der Waals surface area contributed by atoms with E-state index in [1.807, 2.05) is 18.2 Å². The lowest BCUT2D eigenvalue weighted by atomic mass is 10.1. The molecule has 1 aromatic heterocycles. The molecule has 28 heavy (non-hydrogen) atoms. The summed E-state index contributed by atoms with van der Waals surface area (Å²) in [5.41, 5.74) is 1.40. The number of rotatable bonds is 7. The first-order chi connectivity index (χ1) is 13.7. The van der Waals surface area contributed by atoms with E-state index in [9.17, 15) is 4.79 Å². The maximum absolute atomic E-state index is 12.5. The van der Waals surface area contributed by atoms with E-state index in [2.05, 4.69) is 20.6 Å². The number of nitrogens with one attached hydrogen (secondary N) is 2. The van der Waals surface area contributed by atoms with Gasteiger partial charge in [-0.25, -0.2) is 9.97 Å². The summed E-state index contributed by atoms with van der Waals surface area (Å²) in [7, 11) is 3.22. The Labute approximate surface area is 165 Å². The van der Waals surface area contributed by atoms with Gasteiger partial charge in [-0.3, -0.25) is 4.79 Å². The second kappa shape index (κ2) is 9.92. The summed E-state index contributed by atoms with van der Waals surface area (Å²) in [6.07, 6.45) is 8.36. The molecule has 1 saturated carbocycles. The molecule has 1 amide bonds. The second-order valence-corrected chi connectivity index (χ2v) is 6.99. The minimum atomic E-state index is -0.136. The first-order valence-corrected chi connectivity index (χ1v) is 9.77. The van der Waals surface area contributed by atoms with Crippen LogP contribution in [-0.2, 0) is 6.54 Å². The van der Waals surface area contributed by atoms with Gasteiger partial charge in [0, 0.05) is 18.7 Å². The van der Waals surface area contributed by atoms with Gasteiger partial charge in [0.2, 0.25) is 0 Å². The molecule has 150 valence electrons. The lowest BCUT2D eigenvalue weighted by Gasteiger charge is -2.16. The highest BCUT2D eigenvalue weighted by molar-refractivity contribution is 5.93. The molecule has 3 rings (SSSR count). The van der Waals surface area contributed by atoms with Crippen LogP contribution in [0.25, 0.3) is 0 Å². The van der Waals surface area contributed by atoms with Crippen LogP contribution in [0.1, 0.15) is 54.6 Å². The number of hydrogen-bond donors (Lipinski definition) is 2. The Balaban J connectivity index is 1.60. The zero-order valence-corrected chi connectivity index (χ0v) is 16.5. The topological polar surface area (TPSA) is 85.4 Å². The molecule has 0 atom stereocenters. The maximum atomic E-state index is 12.5. The lowest BCUT2D eigenvalue weighted by Crippen LogP contribution is -2.34. The van der Waals surface area contributed by atoms with Gasteiger partial charge in [-0.1, -0.05) is 31.7 Å². The molecule has 0 unspecified atom stereocenters. The third kappa shape index (κ3) is 5.34. The number of nitrogens with zero attached hydrogens (tertiary/aromatic N) is 2. The van der Waals surface area contributed by atoms with E-state index in [0.717, 1.165) is 18.4 Å². The predicted molar refractivity (Wildman–Crippen MR) is 108 cm³/mol. The monoisotopic (exact) mass is 384 g/mol. The van der Waals surface area contributed by atoms with Crippen LogP contribution in [0.2, 0.25) is 0 Å². The van der Waals surface area contributed by atoms with E-state index in [0.29, 0.717) is 29.6 Å². The van der Waals surface area contributed by atoms with Crippen LogP contribution >= 0.6 is 0 Å². The standard InChI is InChI=1S/C21H28N4O3/c1-27-18-10-9-15(11-19(18)28-2)13-22-20-12-17(23-14-24-20)21(26)25-16-7-5-3-4-6-8-16/h9-12,14,16H,3-8,13H2,1-2H3,(H,25,26)(H,22,23,24). The van der Waals surface area contributed by atoms with Gasteiger partial charge in [0.1, 0.15) is 17.8 Å². The van der Waals surface area contributed by atoms with Crippen molar-refractivity contribution < 1.29 is 14.3 Å². The fourth-order valence-electron chi connectivity index (χ4n) is 3.44. The van der Waals surface area contributed by atoms with Crippen molar-refractivity contribution in [1.82, 2.24) is 15.3 Å². The number of amides is 1. The quantitative estimate of drug-likeness (QED) is 0.710. The lowest BCUT2D eigenvalue weighted by molar-refractivity contribution is 0.0928. The molecule has 7 nitrogen and oxygen atoms in total. The number of methoxy groups -OCH3 is 2. The molecule has 2 aromatic rings. The molecule has 1 aromatic carbocycles. The zero-order valence-electron chi connectivity index (χ0n) is 16.5.